The number of ether oxygens (including phenoxy) is 1. The molecule has 0 heterocycles. The first-order valence-electron chi connectivity index (χ1n) is 7.37. The van der Waals surface area contributed by atoms with E-state index in [1.54, 1.807) is 7.11 Å². The molecule has 2 N–H and O–H groups in total. The number of carbonyl (C=O) groups excluding carboxylic acids is 1. The molecule has 0 bridgehead atoms. The lowest BCUT2D eigenvalue weighted by atomic mass is 10.0. The summed E-state index contributed by atoms with van der Waals surface area (Å²) in [6.07, 6.45) is 0.855. The van der Waals surface area contributed by atoms with Crippen LogP contribution >= 0.6 is 0 Å². The van der Waals surface area contributed by atoms with Gasteiger partial charge in [0.2, 0.25) is 0 Å². The second-order valence-corrected chi connectivity index (χ2v) is 5.06. The van der Waals surface area contributed by atoms with Crippen LogP contribution in [0.1, 0.15) is 15.9 Å². The summed E-state index contributed by atoms with van der Waals surface area (Å²) in [5, 5.41) is 6.09. The Morgan fingerprint density at radius 3 is 2.71 bits per heavy atom. The summed E-state index contributed by atoms with van der Waals surface area (Å²) in [4.78, 5) is 14.4. The van der Waals surface area contributed by atoms with E-state index in [9.17, 15) is 4.79 Å². The summed E-state index contributed by atoms with van der Waals surface area (Å²) < 4.78 is 5.03. The highest BCUT2D eigenvalue weighted by molar-refractivity contribution is 5.95. The Kier molecular flexibility index (Phi) is 8.66. The van der Waals surface area contributed by atoms with Gasteiger partial charge in [-0.2, -0.15) is 0 Å². The van der Waals surface area contributed by atoms with Gasteiger partial charge in [-0.25, -0.2) is 0 Å². The molecule has 1 amide bonds. The topological polar surface area (TPSA) is 53.6 Å². The highest BCUT2D eigenvalue weighted by Gasteiger charge is 2.10. The van der Waals surface area contributed by atoms with Crippen molar-refractivity contribution in [2.24, 2.45) is 0 Å². The summed E-state index contributed by atoms with van der Waals surface area (Å²) in [7, 11) is 5.63. The van der Waals surface area contributed by atoms with Crippen LogP contribution in [0.4, 0.5) is 0 Å². The Bertz CT molecular complexity index is 424. The van der Waals surface area contributed by atoms with E-state index in [0.29, 0.717) is 13.2 Å². The minimum Gasteiger partial charge on any atom is -0.383 e. The number of rotatable bonds is 10. The first kappa shape index (κ1) is 17.6. The van der Waals surface area contributed by atoms with Crippen molar-refractivity contribution < 1.29 is 9.53 Å². The van der Waals surface area contributed by atoms with Crippen LogP contribution in [-0.4, -0.2) is 64.8 Å². The van der Waals surface area contributed by atoms with Gasteiger partial charge in [0.15, 0.2) is 0 Å². The van der Waals surface area contributed by atoms with Gasteiger partial charge in [0.25, 0.3) is 5.91 Å². The lowest BCUT2D eigenvalue weighted by molar-refractivity contribution is 0.0946. The molecular weight excluding hydrogens is 266 g/mol. The highest BCUT2D eigenvalue weighted by Crippen LogP contribution is 2.09. The number of methoxy groups -OCH3 is 1. The van der Waals surface area contributed by atoms with E-state index in [0.717, 1.165) is 37.2 Å². The first-order chi connectivity index (χ1) is 10.2. The van der Waals surface area contributed by atoms with E-state index in [4.69, 9.17) is 4.74 Å². The van der Waals surface area contributed by atoms with Crippen LogP contribution in [0.2, 0.25) is 0 Å². The van der Waals surface area contributed by atoms with Crippen molar-refractivity contribution in [3.05, 3.63) is 35.4 Å². The Hall–Kier alpha value is -1.43. The zero-order chi connectivity index (χ0) is 15.5. The Labute approximate surface area is 127 Å². The fraction of sp³-hybridized carbons (Fsp3) is 0.562. The van der Waals surface area contributed by atoms with Gasteiger partial charge in [0, 0.05) is 32.3 Å². The molecule has 0 fully saturated rings. The summed E-state index contributed by atoms with van der Waals surface area (Å²) in [5.74, 6) is 0.00171. The molecule has 0 aliphatic carbocycles. The van der Waals surface area contributed by atoms with Gasteiger partial charge >= 0.3 is 0 Å². The molecule has 0 aliphatic heterocycles. The van der Waals surface area contributed by atoms with Gasteiger partial charge in [-0.3, -0.25) is 4.79 Å². The average Bonchev–Trinajstić information content (AvgIpc) is 2.51. The van der Waals surface area contributed by atoms with Crippen LogP contribution in [0.3, 0.4) is 0 Å². The Morgan fingerprint density at radius 2 is 2.00 bits per heavy atom. The lowest BCUT2D eigenvalue weighted by Gasteiger charge is -2.16. The quantitative estimate of drug-likeness (QED) is 0.669. The van der Waals surface area contributed by atoms with Gasteiger partial charge < -0.3 is 20.3 Å². The zero-order valence-electron chi connectivity index (χ0n) is 13.3. The molecule has 0 atom stereocenters. The van der Waals surface area contributed by atoms with E-state index >= 15 is 0 Å². The largest absolute Gasteiger partial charge is 0.383 e. The van der Waals surface area contributed by atoms with Crippen LogP contribution in [0.5, 0.6) is 0 Å². The number of benzene rings is 1. The highest BCUT2D eigenvalue weighted by atomic mass is 16.5. The second kappa shape index (κ2) is 10.3. The third-order valence-corrected chi connectivity index (χ3v) is 3.36. The third kappa shape index (κ3) is 6.71. The van der Waals surface area contributed by atoms with E-state index in [1.807, 2.05) is 38.4 Å². The van der Waals surface area contributed by atoms with Gasteiger partial charge in [0.1, 0.15) is 0 Å². The predicted molar refractivity (Wildman–Crippen MR) is 85.8 cm³/mol. The second-order valence-electron chi connectivity index (χ2n) is 5.06. The molecule has 0 unspecified atom stereocenters. The van der Waals surface area contributed by atoms with Crippen LogP contribution < -0.4 is 10.6 Å². The maximum Gasteiger partial charge on any atom is 0.251 e. The predicted octanol–water partition coefficient (Wildman–Crippen LogP) is 0.757. The van der Waals surface area contributed by atoms with Gasteiger partial charge in [-0.15, -0.1) is 0 Å². The summed E-state index contributed by atoms with van der Waals surface area (Å²) >= 11 is 0. The smallest absolute Gasteiger partial charge is 0.251 e. The standard InChI is InChI=1S/C16H27N3O2/c1-17-9-8-14-6-4-5-7-15(14)16(20)18-10-11-19(2)12-13-21-3/h4-7,17H,8-13H2,1-3H3,(H,18,20). The van der Waals surface area contributed by atoms with Crippen LogP contribution in [0.15, 0.2) is 24.3 Å². The van der Waals surface area contributed by atoms with Crippen molar-refractivity contribution >= 4 is 5.91 Å². The van der Waals surface area contributed by atoms with Gasteiger partial charge in [-0.05, 0) is 38.7 Å². The number of nitrogens with one attached hydrogen (secondary N) is 2. The first-order valence-corrected chi connectivity index (χ1v) is 7.37. The van der Waals surface area contributed by atoms with Crippen LogP contribution in [0.25, 0.3) is 0 Å². The molecule has 1 rings (SSSR count). The molecule has 5 heteroatoms. The zero-order valence-corrected chi connectivity index (χ0v) is 13.3. The summed E-state index contributed by atoms with van der Waals surface area (Å²) in [6, 6.07) is 7.77. The molecule has 0 saturated carbocycles. The molecule has 1 aromatic rings. The maximum atomic E-state index is 12.2. The van der Waals surface area contributed by atoms with E-state index < -0.39 is 0 Å². The van der Waals surface area contributed by atoms with E-state index in [2.05, 4.69) is 15.5 Å². The molecule has 5 nitrogen and oxygen atoms in total. The molecule has 21 heavy (non-hydrogen) atoms. The maximum absolute atomic E-state index is 12.2. The monoisotopic (exact) mass is 293 g/mol. The molecule has 0 aromatic heterocycles. The number of nitrogens with zero attached hydrogens (tertiary/aromatic N) is 1. The molecule has 0 radical (unpaired) electrons. The van der Waals surface area contributed by atoms with Crippen molar-refractivity contribution in [3.8, 4) is 0 Å². The van der Waals surface area contributed by atoms with Crippen molar-refractivity contribution in [2.75, 3.05) is 54.0 Å². The molecule has 118 valence electrons. The van der Waals surface area contributed by atoms with Gasteiger partial charge in [-0.1, -0.05) is 18.2 Å². The lowest BCUT2D eigenvalue weighted by Crippen LogP contribution is -2.34. The fourth-order valence-electron chi connectivity index (χ4n) is 2.03. The number of hydrogen-bond donors (Lipinski definition) is 2. The number of carbonyl (C=O) groups is 1. The Balaban J connectivity index is 2.44. The van der Waals surface area contributed by atoms with Crippen molar-refractivity contribution in [3.63, 3.8) is 0 Å². The van der Waals surface area contributed by atoms with Crippen molar-refractivity contribution in [1.29, 1.82) is 0 Å². The van der Waals surface area contributed by atoms with Gasteiger partial charge in [0.05, 0.1) is 6.61 Å². The molecule has 0 spiro atoms. The van der Waals surface area contributed by atoms with E-state index in [-0.39, 0.29) is 5.91 Å². The summed E-state index contributed by atoms with van der Waals surface area (Å²) in [6.45, 7) is 3.89. The van der Waals surface area contributed by atoms with E-state index in [1.165, 1.54) is 0 Å². The fourth-order valence-corrected chi connectivity index (χ4v) is 2.03. The molecule has 1 aromatic carbocycles. The van der Waals surface area contributed by atoms with Crippen LogP contribution in [0, 0.1) is 0 Å². The molecular formula is C16H27N3O2. The summed E-state index contributed by atoms with van der Waals surface area (Å²) in [5.41, 5.74) is 1.85. The van der Waals surface area contributed by atoms with Crippen molar-refractivity contribution in [2.45, 2.75) is 6.42 Å². The SMILES string of the molecule is CNCCc1ccccc1C(=O)NCCN(C)CCOC. The number of hydrogen-bond acceptors (Lipinski definition) is 4. The van der Waals surface area contributed by atoms with Crippen molar-refractivity contribution in [1.82, 2.24) is 15.5 Å². The average molecular weight is 293 g/mol. The Morgan fingerprint density at radius 1 is 1.24 bits per heavy atom. The number of likely N-dealkylation sites (N-methyl/N-ethyl adjacent to an activating group) is 2. The van der Waals surface area contributed by atoms with Crippen LogP contribution in [-0.2, 0) is 11.2 Å². The third-order valence-electron chi connectivity index (χ3n) is 3.36. The normalized spacial score (nSPS) is 10.9. The molecule has 0 aliphatic rings. The minimum absolute atomic E-state index is 0.00171. The number of amides is 1. The minimum atomic E-state index is 0.00171. The molecule has 0 saturated heterocycles.